The Morgan fingerprint density at radius 3 is 2.74 bits per heavy atom. The molecule has 19 heavy (non-hydrogen) atoms. The molecule has 0 saturated heterocycles. The number of phenolic OH excluding ortho intramolecular Hbond substituents is 1. The Hall–Kier alpha value is -1.43. The van der Waals surface area contributed by atoms with Gasteiger partial charge in [-0.25, -0.2) is 0 Å². The maximum atomic E-state index is 12.0. The molecule has 0 aliphatic carbocycles. The van der Waals surface area contributed by atoms with E-state index in [1.807, 2.05) is 0 Å². The van der Waals surface area contributed by atoms with E-state index in [1.54, 1.807) is 11.4 Å². The summed E-state index contributed by atoms with van der Waals surface area (Å²) in [5.41, 5.74) is 0.162. The second-order valence-electron chi connectivity index (χ2n) is 3.59. The number of hydrogen-bond donors (Lipinski definition) is 2. The lowest BCUT2D eigenvalue weighted by Gasteiger charge is -2.08. The third-order valence-electron chi connectivity index (χ3n) is 2.31. The number of halogens is 2. The van der Waals surface area contributed by atoms with Crippen LogP contribution in [0, 0.1) is 0 Å². The molecule has 100 valence electrons. The van der Waals surface area contributed by atoms with Gasteiger partial charge in [0.15, 0.2) is 5.75 Å². The number of amides is 1. The number of rotatable bonds is 3. The first-order chi connectivity index (χ1) is 9.01. The summed E-state index contributed by atoms with van der Waals surface area (Å²) in [6, 6.07) is 4.41. The first-order valence-corrected chi connectivity index (χ1v) is 6.76. The molecule has 2 aromatic rings. The van der Waals surface area contributed by atoms with Gasteiger partial charge in [-0.2, -0.15) is 0 Å². The maximum absolute atomic E-state index is 12.0. The van der Waals surface area contributed by atoms with Gasteiger partial charge in [0.05, 0.1) is 22.7 Å². The molecule has 1 heterocycles. The Morgan fingerprint density at radius 1 is 1.37 bits per heavy atom. The molecule has 2 rings (SSSR count). The van der Waals surface area contributed by atoms with Crippen molar-refractivity contribution in [3.63, 3.8) is 0 Å². The van der Waals surface area contributed by atoms with Crippen LogP contribution in [0.3, 0.4) is 0 Å². The van der Waals surface area contributed by atoms with Gasteiger partial charge in [0, 0.05) is 16.5 Å². The zero-order valence-electron chi connectivity index (χ0n) is 9.74. The Kier molecular flexibility index (Phi) is 4.19. The van der Waals surface area contributed by atoms with Crippen molar-refractivity contribution in [1.29, 1.82) is 0 Å². The zero-order valence-corrected chi connectivity index (χ0v) is 12.1. The summed E-state index contributed by atoms with van der Waals surface area (Å²) < 4.78 is 5.00. The fourth-order valence-electron chi connectivity index (χ4n) is 1.39. The Labute approximate surface area is 123 Å². The van der Waals surface area contributed by atoms with Gasteiger partial charge in [0.25, 0.3) is 5.91 Å². The lowest BCUT2D eigenvalue weighted by Crippen LogP contribution is -2.10. The van der Waals surface area contributed by atoms with Crippen LogP contribution in [0.15, 0.2) is 23.6 Å². The number of hydrogen-bond acceptors (Lipinski definition) is 4. The fourth-order valence-corrected chi connectivity index (χ4v) is 2.63. The molecule has 0 saturated carbocycles. The Bertz CT molecular complexity index is 627. The highest BCUT2D eigenvalue weighted by Gasteiger charge is 2.14. The Balaban J connectivity index is 2.23. The summed E-state index contributed by atoms with van der Waals surface area (Å²) >= 11 is 12.8. The third kappa shape index (κ3) is 3.12. The molecule has 0 fully saturated rings. The van der Waals surface area contributed by atoms with Crippen molar-refractivity contribution >= 4 is 46.1 Å². The smallest absolute Gasteiger partial charge is 0.265 e. The number of carbonyl (C=O) groups is 1. The van der Waals surface area contributed by atoms with E-state index in [0.717, 1.165) is 0 Å². The molecule has 1 aromatic heterocycles. The second-order valence-corrected chi connectivity index (χ2v) is 5.34. The predicted molar refractivity (Wildman–Crippen MR) is 77.0 cm³/mol. The van der Waals surface area contributed by atoms with Crippen molar-refractivity contribution in [2.24, 2.45) is 0 Å². The highest BCUT2D eigenvalue weighted by Crippen LogP contribution is 2.35. The van der Waals surface area contributed by atoms with E-state index in [-0.39, 0.29) is 22.4 Å². The quantitative estimate of drug-likeness (QED) is 0.840. The van der Waals surface area contributed by atoms with Crippen LogP contribution in [0.2, 0.25) is 10.0 Å². The van der Waals surface area contributed by atoms with Crippen molar-refractivity contribution in [3.8, 4) is 11.5 Å². The van der Waals surface area contributed by atoms with Gasteiger partial charge in [-0.05, 0) is 12.1 Å². The van der Waals surface area contributed by atoms with E-state index < -0.39 is 0 Å². The molecule has 4 nitrogen and oxygen atoms in total. The van der Waals surface area contributed by atoms with Gasteiger partial charge in [0.2, 0.25) is 0 Å². The molecule has 1 amide bonds. The fraction of sp³-hybridized carbons (Fsp3) is 0.0833. The number of benzene rings is 1. The van der Waals surface area contributed by atoms with Gasteiger partial charge in [-0.15, -0.1) is 11.3 Å². The lowest BCUT2D eigenvalue weighted by atomic mass is 10.3. The summed E-state index contributed by atoms with van der Waals surface area (Å²) in [4.78, 5) is 12.4. The van der Waals surface area contributed by atoms with Crippen molar-refractivity contribution in [3.05, 3.63) is 38.5 Å². The molecular weight excluding hydrogens is 309 g/mol. The molecule has 7 heteroatoms. The van der Waals surface area contributed by atoms with Crippen LogP contribution in [0.4, 0.5) is 5.69 Å². The summed E-state index contributed by atoms with van der Waals surface area (Å²) in [5.74, 6) is 0.00775. The number of nitrogens with one attached hydrogen (secondary N) is 1. The number of ether oxygens (including phenoxy) is 1. The van der Waals surface area contributed by atoms with Crippen molar-refractivity contribution in [2.45, 2.75) is 0 Å². The van der Waals surface area contributed by atoms with Crippen LogP contribution in [0.1, 0.15) is 9.67 Å². The van der Waals surface area contributed by atoms with E-state index in [4.69, 9.17) is 27.9 Å². The van der Waals surface area contributed by atoms with E-state index in [9.17, 15) is 9.90 Å². The normalized spacial score (nSPS) is 10.3. The van der Waals surface area contributed by atoms with Crippen LogP contribution < -0.4 is 10.1 Å². The summed E-state index contributed by atoms with van der Waals surface area (Å²) in [5, 5.41) is 14.4. The van der Waals surface area contributed by atoms with Crippen molar-refractivity contribution < 1.29 is 14.6 Å². The number of phenols is 1. The number of carbonyl (C=O) groups excluding carboxylic acids is 1. The third-order valence-corrected chi connectivity index (χ3v) is 3.72. The molecule has 0 aliphatic heterocycles. The molecule has 1 aromatic carbocycles. The van der Waals surface area contributed by atoms with E-state index in [0.29, 0.717) is 15.6 Å². The van der Waals surface area contributed by atoms with Crippen molar-refractivity contribution in [2.75, 3.05) is 12.4 Å². The zero-order chi connectivity index (χ0) is 14.0. The average molecular weight is 318 g/mol. The number of thiophene rings is 1. The molecule has 0 atom stereocenters. The van der Waals surface area contributed by atoms with Gasteiger partial charge < -0.3 is 15.2 Å². The SMILES string of the molecule is COc1csc(C(=O)Nc2cc(Cl)cc(Cl)c2O)c1. The average Bonchev–Trinajstić information content (AvgIpc) is 2.84. The monoisotopic (exact) mass is 317 g/mol. The first kappa shape index (κ1) is 14.0. The predicted octanol–water partition coefficient (Wildman–Crippen LogP) is 4.02. The van der Waals surface area contributed by atoms with Gasteiger partial charge >= 0.3 is 0 Å². The standard InChI is InChI=1S/C12H9Cl2NO3S/c1-18-7-4-10(19-5-7)12(17)15-9-3-6(13)2-8(14)11(9)16/h2-5,16H,1H3,(H,15,17). The van der Waals surface area contributed by atoms with E-state index in [2.05, 4.69) is 5.32 Å². The minimum absolute atomic E-state index is 0.0755. The summed E-state index contributed by atoms with van der Waals surface area (Å²) in [7, 11) is 1.52. The summed E-state index contributed by atoms with van der Waals surface area (Å²) in [6.45, 7) is 0. The first-order valence-electron chi connectivity index (χ1n) is 5.13. The molecule has 0 aliphatic rings. The molecule has 0 spiro atoms. The van der Waals surface area contributed by atoms with Crippen LogP contribution in [-0.4, -0.2) is 18.1 Å². The molecule has 0 radical (unpaired) electrons. The van der Waals surface area contributed by atoms with Crippen LogP contribution in [-0.2, 0) is 0 Å². The van der Waals surface area contributed by atoms with Crippen LogP contribution in [0.25, 0.3) is 0 Å². The van der Waals surface area contributed by atoms with Crippen LogP contribution in [0.5, 0.6) is 11.5 Å². The van der Waals surface area contributed by atoms with E-state index >= 15 is 0 Å². The lowest BCUT2D eigenvalue weighted by molar-refractivity contribution is 0.103. The van der Waals surface area contributed by atoms with Crippen molar-refractivity contribution in [1.82, 2.24) is 0 Å². The Morgan fingerprint density at radius 2 is 2.11 bits per heavy atom. The number of anilines is 1. The molecule has 2 N–H and O–H groups in total. The van der Waals surface area contributed by atoms with Crippen LogP contribution >= 0.6 is 34.5 Å². The van der Waals surface area contributed by atoms with Gasteiger partial charge in [0.1, 0.15) is 5.75 Å². The van der Waals surface area contributed by atoms with E-state index in [1.165, 1.54) is 30.6 Å². The summed E-state index contributed by atoms with van der Waals surface area (Å²) in [6.07, 6.45) is 0. The molecular formula is C12H9Cl2NO3S. The van der Waals surface area contributed by atoms with Gasteiger partial charge in [-0.3, -0.25) is 4.79 Å². The second kappa shape index (κ2) is 5.69. The number of methoxy groups -OCH3 is 1. The molecule has 0 unspecified atom stereocenters. The topological polar surface area (TPSA) is 58.6 Å². The number of aromatic hydroxyl groups is 1. The molecule has 0 bridgehead atoms. The minimum atomic E-state index is -0.373. The minimum Gasteiger partial charge on any atom is -0.504 e. The largest absolute Gasteiger partial charge is 0.504 e. The van der Waals surface area contributed by atoms with Gasteiger partial charge in [-0.1, -0.05) is 23.2 Å². The highest BCUT2D eigenvalue weighted by atomic mass is 35.5. The highest BCUT2D eigenvalue weighted by molar-refractivity contribution is 7.12. The maximum Gasteiger partial charge on any atom is 0.265 e.